The highest BCUT2D eigenvalue weighted by atomic mass is 16.5. The summed E-state index contributed by atoms with van der Waals surface area (Å²) in [6.07, 6.45) is 2.89. The van der Waals surface area contributed by atoms with E-state index in [-0.39, 0.29) is 12.5 Å². The molecule has 0 aliphatic rings. The van der Waals surface area contributed by atoms with Crippen LogP contribution in [0.3, 0.4) is 0 Å². The lowest BCUT2D eigenvalue weighted by atomic mass is 10.4. The van der Waals surface area contributed by atoms with Crippen molar-refractivity contribution in [2.45, 2.75) is 19.9 Å². The minimum atomic E-state index is -0.0651. The number of nitrogens with one attached hydrogen (secondary N) is 1. The van der Waals surface area contributed by atoms with Crippen LogP contribution in [0.4, 0.5) is 0 Å². The Morgan fingerprint density at radius 2 is 2.40 bits per heavy atom. The fourth-order valence-electron chi connectivity index (χ4n) is 1.23. The Labute approximate surface area is 90.2 Å². The van der Waals surface area contributed by atoms with Gasteiger partial charge in [0.05, 0.1) is 6.54 Å². The number of ether oxygens (including phenoxy) is 1. The first-order valence-corrected chi connectivity index (χ1v) is 5.18. The van der Waals surface area contributed by atoms with Gasteiger partial charge in [-0.3, -0.25) is 4.79 Å². The number of aryl methyl sites for hydroxylation is 1. The van der Waals surface area contributed by atoms with Gasteiger partial charge in [0.2, 0.25) is 5.91 Å². The van der Waals surface area contributed by atoms with Crippen LogP contribution >= 0.6 is 0 Å². The lowest BCUT2D eigenvalue weighted by molar-refractivity contribution is -0.125. The standard InChI is InChI=1S/C11H18N2O2/c1-3-7-15-9-11(14)12-8-10-5-4-6-13(10)2/h4-6H,3,7-9H2,1-2H3,(H,12,14). The molecular formula is C11H18N2O2. The van der Waals surface area contributed by atoms with Gasteiger partial charge in [0.1, 0.15) is 6.61 Å². The number of hydrogen-bond acceptors (Lipinski definition) is 2. The molecule has 0 bridgehead atoms. The summed E-state index contributed by atoms with van der Waals surface area (Å²) >= 11 is 0. The molecule has 84 valence electrons. The summed E-state index contributed by atoms with van der Waals surface area (Å²) < 4.78 is 7.11. The van der Waals surface area contributed by atoms with Crippen molar-refractivity contribution in [1.82, 2.24) is 9.88 Å². The molecule has 0 saturated carbocycles. The summed E-state index contributed by atoms with van der Waals surface area (Å²) in [7, 11) is 1.95. The Kier molecular flexibility index (Phi) is 4.90. The maximum absolute atomic E-state index is 11.3. The van der Waals surface area contributed by atoms with Gasteiger partial charge in [0.15, 0.2) is 0 Å². The largest absolute Gasteiger partial charge is 0.372 e. The summed E-state index contributed by atoms with van der Waals surface area (Å²) in [5, 5.41) is 2.80. The second kappa shape index (κ2) is 6.24. The average molecular weight is 210 g/mol. The van der Waals surface area contributed by atoms with Crippen molar-refractivity contribution in [2.24, 2.45) is 7.05 Å². The Bertz CT molecular complexity index is 307. The zero-order chi connectivity index (χ0) is 11.1. The fourth-order valence-corrected chi connectivity index (χ4v) is 1.23. The van der Waals surface area contributed by atoms with E-state index in [1.165, 1.54) is 0 Å². The van der Waals surface area contributed by atoms with Gasteiger partial charge >= 0.3 is 0 Å². The summed E-state index contributed by atoms with van der Waals surface area (Å²) in [4.78, 5) is 11.3. The van der Waals surface area contributed by atoms with E-state index in [1.807, 2.05) is 36.9 Å². The van der Waals surface area contributed by atoms with Gasteiger partial charge in [-0.05, 0) is 18.6 Å². The molecule has 1 aromatic rings. The molecule has 1 aromatic heterocycles. The Balaban J connectivity index is 2.20. The van der Waals surface area contributed by atoms with Gasteiger partial charge in [-0.25, -0.2) is 0 Å². The maximum atomic E-state index is 11.3. The van der Waals surface area contributed by atoms with Gasteiger partial charge in [-0.1, -0.05) is 6.92 Å². The first-order valence-electron chi connectivity index (χ1n) is 5.18. The normalized spacial score (nSPS) is 10.3. The number of nitrogens with zero attached hydrogens (tertiary/aromatic N) is 1. The van der Waals surface area contributed by atoms with Gasteiger partial charge in [0, 0.05) is 25.5 Å². The third-order valence-corrected chi connectivity index (χ3v) is 2.10. The first kappa shape index (κ1) is 11.8. The van der Waals surface area contributed by atoms with E-state index in [4.69, 9.17) is 4.74 Å². The lowest BCUT2D eigenvalue weighted by Gasteiger charge is -2.06. The molecule has 1 heterocycles. The zero-order valence-corrected chi connectivity index (χ0v) is 9.32. The number of carbonyl (C=O) groups excluding carboxylic acids is 1. The van der Waals surface area contributed by atoms with Crippen LogP contribution in [0.2, 0.25) is 0 Å². The monoisotopic (exact) mass is 210 g/mol. The third-order valence-electron chi connectivity index (χ3n) is 2.10. The molecule has 0 fully saturated rings. The molecule has 0 atom stereocenters. The Morgan fingerprint density at radius 3 is 3.00 bits per heavy atom. The third kappa shape index (κ3) is 4.16. The lowest BCUT2D eigenvalue weighted by Crippen LogP contribution is -2.27. The van der Waals surface area contributed by atoms with Crippen molar-refractivity contribution in [3.63, 3.8) is 0 Å². The topological polar surface area (TPSA) is 43.3 Å². The predicted molar refractivity (Wildman–Crippen MR) is 58.4 cm³/mol. The highest BCUT2D eigenvalue weighted by Crippen LogP contribution is 1.98. The molecule has 4 nitrogen and oxygen atoms in total. The van der Waals surface area contributed by atoms with Gasteiger partial charge in [0.25, 0.3) is 0 Å². The van der Waals surface area contributed by atoms with Crippen molar-refractivity contribution in [3.8, 4) is 0 Å². The molecule has 0 aromatic carbocycles. The molecule has 0 aliphatic carbocycles. The van der Waals surface area contributed by atoms with Crippen molar-refractivity contribution >= 4 is 5.91 Å². The van der Waals surface area contributed by atoms with Crippen molar-refractivity contribution < 1.29 is 9.53 Å². The molecule has 0 unspecified atom stereocenters. The molecule has 1 amide bonds. The molecule has 0 saturated heterocycles. The molecule has 0 aliphatic heterocycles. The molecule has 0 radical (unpaired) electrons. The van der Waals surface area contributed by atoms with Crippen LogP contribution in [0.15, 0.2) is 18.3 Å². The number of aromatic nitrogens is 1. The van der Waals surface area contributed by atoms with E-state index in [0.717, 1.165) is 12.1 Å². The fraction of sp³-hybridized carbons (Fsp3) is 0.545. The molecule has 0 spiro atoms. The molecule has 1 N–H and O–H groups in total. The van der Waals surface area contributed by atoms with Gasteiger partial charge in [-0.15, -0.1) is 0 Å². The minimum Gasteiger partial charge on any atom is -0.372 e. The maximum Gasteiger partial charge on any atom is 0.246 e. The van der Waals surface area contributed by atoms with E-state index in [2.05, 4.69) is 5.32 Å². The van der Waals surface area contributed by atoms with E-state index in [0.29, 0.717) is 13.2 Å². The summed E-state index contributed by atoms with van der Waals surface area (Å²) in [6, 6.07) is 3.93. The van der Waals surface area contributed by atoms with Gasteiger partial charge < -0.3 is 14.6 Å². The first-order chi connectivity index (χ1) is 7.24. The van der Waals surface area contributed by atoms with Crippen molar-refractivity contribution in [2.75, 3.05) is 13.2 Å². The molecular weight excluding hydrogens is 192 g/mol. The molecule has 1 rings (SSSR count). The van der Waals surface area contributed by atoms with Crippen LogP contribution in [-0.2, 0) is 23.1 Å². The van der Waals surface area contributed by atoms with E-state index < -0.39 is 0 Å². The Hall–Kier alpha value is -1.29. The van der Waals surface area contributed by atoms with Crippen LogP contribution in [0.5, 0.6) is 0 Å². The second-order valence-corrected chi connectivity index (χ2v) is 3.44. The molecule has 4 heteroatoms. The quantitative estimate of drug-likeness (QED) is 0.714. The van der Waals surface area contributed by atoms with Crippen molar-refractivity contribution in [3.05, 3.63) is 24.0 Å². The highest BCUT2D eigenvalue weighted by molar-refractivity contribution is 5.77. The Morgan fingerprint density at radius 1 is 1.60 bits per heavy atom. The van der Waals surface area contributed by atoms with Crippen LogP contribution in [0, 0.1) is 0 Å². The van der Waals surface area contributed by atoms with E-state index in [9.17, 15) is 4.79 Å². The molecule has 15 heavy (non-hydrogen) atoms. The van der Waals surface area contributed by atoms with Crippen LogP contribution in [0.1, 0.15) is 19.0 Å². The summed E-state index contributed by atoms with van der Waals surface area (Å²) in [6.45, 7) is 3.36. The average Bonchev–Trinajstić information content (AvgIpc) is 2.61. The number of amides is 1. The van der Waals surface area contributed by atoms with E-state index in [1.54, 1.807) is 0 Å². The SMILES string of the molecule is CCCOCC(=O)NCc1cccn1C. The second-order valence-electron chi connectivity index (χ2n) is 3.44. The van der Waals surface area contributed by atoms with Gasteiger partial charge in [-0.2, -0.15) is 0 Å². The van der Waals surface area contributed by atoms with Crippen LogP contribution in [-0.4, -0.2) is 23.7 Å². The van der Waals surface area contributed by atoms with Crippen LogP contribution < -0.4 is 5.32 Å². The zero-order valence-electron chi connectivity index (χ0n) is 9.32. The van der Waals surface area contributed by atoms with Crippen LogP contribution in [0.25, 0.3) is 0 Å². The summed E-state index contributed by atoms with van der Waals surface area (Å²) in [5.74, 6) is -0.0651. The number of rotatable bonds is 6. The highest BCUT2D eigenvalue weighted by Gasteiger charge is 2.02. The summed E-state index contributed by atoms with van der Waals surface area (Å²) in [5.41, 5.74) is 1.08. The smallest absolute Gasteiger partial charge is 0.246 e. The number of hydrogen-bond donors (Lipinski definition) is 1. The van der Waals surface area contributed by atoms with Crippen molar-refractivity contribution in [1.29, 1.82) is 0 Å². The van der Waals surface area contributed by atoms with E-state index >= 15 is 0 Å². The number of carbonyl (C=O) groups is 1. The minimum absolute atomic E-state index is 0.0651. The predicted octanol–water partition coefficient (Wildman–Crippen LogP) is 1.07.